The SMILES string of the molecule is Cn1ncnc1-c1cnc[nH]1. The van der Waals surface area contributed by atoms with Crippen molar-refractivity contribution in [2.24, 2.45) is 7.05 Å². The van der Waals surface area contributed by atoms with Crippen LogP contribution >= 0.6 is 0 Å². The Kier molecular flexibility index (Phi) is 1.21. The monoisotopic (exact) mass is 149 g/mol. The van der Waals surface area contributed by atoms with E-state index < -0.39 is 0 Å². The first-order valence-corrected chi connectivity index (χ1v) is 3.20. The lowest BCUT2D eigenvalue weighted by atomic mass is 10.4. The standard InChI is InChI=1S/C6H7N5/c1-11-6(9-4-10-11)5-2-7-3-8-5/h2-4H,1H3,(H,7,8). The molecule has 0 saturated heterocycles. The predicted octanol–water partition coefficient (Wildman–Crippen LogP) is 0.205. The Bertz CT molecular complexity index is 333. The van der Waals surface area contributed by atoms with Crippen molar-refractivity contribution in [2.75, 3.05) is 0 Å². The minimum absolute atomic E-state index is 0.794. The normalized spacial score (nSPS) is 10.3. The van der Waals surface area contributed by atoms with Gasteiger partial charge in [-0.25, -0.2) is 14.6 Å². The van der Waals surface area contributed by atoms with E-state index in [1.807, 2.05) is 7.05 Å². The Morgan fingerprint density at radius 3 is 3.00 bits per heavy atom. The van der Waals surface area contributed by atoms with E-state index in [1.54, 1.807) is 17.2 Å². The molecule has 5 nitrogen and oxygen atoms in total. The van der Waals surface area contributed by atoms with Crippen molar-refractivity contribution in [3.63, 3.8) is 0 Å². The maximum atomic E-state index is 4.04. The van der Waals surface area contributed by atoms with Crippen molar-refractivity contribution in [2.45, 2.75) is 0 Å². The van der Waals surface area contributed by atoms with Crippen LogP contribution < -0.4 is 0 Å². The van der Waals surface area contributed by atoms with Crippen molar-refractivity contribution in [3.05, 3.63) is 18.9 Å². The summed E-state index contributed by atoms with van der Waals surface area (Å²) in [4.78, 5) is 10.9. The van der Waals surface area contributed by atoms with Crippen LogP contribution in [0.3, 0.4) is 0 Å². The zero-order chi connectivity index (χ0) is 7.68. The van der Waals surface area contributed by atoms with Crippen LogP contribution in [0.4, 0.5) is 0 Å². The van der Waals surface area contributed by atoms with Gasteiger partial charge in [-0.2, -0.15) is 5.10 Å². The first-order chi connectivity index (χ1) is 5.38. The largest absolute Gasteiger partial charge is 0.342 e. The summed E-state index contributed by atoms with van der Waals surface area (Å²) in [5, 5.41) is 3.93. The molecule has 2 rings (SSSR count). The number of nitrogens with zero attached hydrogens (tertiary/aromatic N) is 4. The highest BCUT2D eigenvalue weighted by Gasteiger charge is 2.03. The van der Waals surface area contributed by atoms with Crippen molar-refractivity contribution in [3.8, 4) is 11.5 Å². The summed E-state index contributed by atoms with van der Waals surface area (Å²) in [7, 11) is 1.84. The summed E-state index contributed by atoms with van der Waals surface area (Å²) in [5.41, 5.74) is 0.880. The molecule has 0 aliphatic carbocycles. The average molecular weight is 149 g/mol. The molecule has 56 valence electrons. The number of rotatable bonds is 1. The maximum Gasteiger partial charge on any atom is 0.175 e. The van der Waals surface area contributed by atoms with Crippen LogP contribution in [0, 0.1) is 0 Å². The minimum atomic E-state index is 0.794. The molecule has 0 bridgehead atoms. The molecule has 0 aromatic carbocycles. The quantitative estimate of drug-likeness (QED) is 0.630. The highest BCUT2D eigenvalue weighted by molar-refractivity contribution is 5.46. The highest BCUT2D eigenvalue weighted by atomic mass is 15.3. The van der Waals surface area contributed by atoms with E-state index in [-0.39, 0.29) is 0 Å². The van der Waals surface area contributed by atoms with Crippen LogP contribution in [0.1, 0.15) is 0 Å². The molecule has 0 atom stereocenters. The Morgan fingerprint density at radius 2 is 2.45 bits per heavy atom. The van der Waals surface area contributed by atoms with Gasteiger partial charge >= 0.3 is 0 Å². The molecule has 0 aliphatic heterocycles. The molecule has 0 fully saturated rings. The van der Waals surface area contributed by atoms with Crippen LogP contribution in [0.25, 0.3) is 11.5 Å². The lowest BCUT2D eigenvalue weighted by molar-refractivity contribution is 0.772. The Balaban J connectivity index is 2.53. The van der Waals surface area contributed by atoms with E-state index in [9.17, 15) is 0 Å². The number of aryl methyl sites for hydroxylation is 1. The Morgan fingerprint density at radius 1 is 1.55 bits per heavy atom. The molecule has 0 aliphatic rings. The van der Waals surface area contributed by atoms with Crippen molar-refractivity contribution < 1.29 is 0 Å². The first kappa shape index (κ1) is 6.09. The second kappa shape index (κ2) is 2.19. The van der Waals surface area contributed by atoms with Crippen LogP contribution in [-0.2, 0) is 7.05 Å². The van der Waals surface area contributed by atoms with Gasteiger partial charge in [-0.1, -0.05) is 0 Å². The van der Waals surface area contributed by atoms with Gasteiger partial charge in [0.2, 0.25) is 0 Å². The molecule has 2 aromatic rings. The molecule has 1 N–H and O–H groups in total. The third kappa shape index (κ3) is 0.899. The number of aromatic nitrogens is 5. The molecular weight excluding hydrogens is 142 g/mol. The molecule has 0 radical (unpaired) electrons. The highest BCUT2D eigenvalue weighted by Crippen LogP contribution is 2.09. The molecule has 0 unspecified atom stereocenters. The number of hydrogen-bond donors (Lipinski definition) is 1. The van der Waals surface area contributed by atoms with E-state index in [0.717, 1.165) is 11.5 Å². The van der Waals surface area contributed by atoms with Crippen LogP contribution in [0.5, 0.6) is 0 Å². The van der Waals surface area contributed by atoms with Crippen LogP contribution in [-0.4, -0.2) is 24.7 Å². The number of nitrogens with one attached hydrogen (secondary N) is 1. The molecule has 2 heterocycles. The number of hydrogen-bond acceptors (Lipinski definition) is 3. The van der Waals surface area contributed by atoms with Gasteiger partial charge in [0.15, 0.2) is 5.82 Å². The zero-order valence-corrected chi connectivity index (χ0v) is 6.02. The Hall–Kier alpha value is -1.65. The fraction of sp³-hybridized carbons (Fsp3) is 0.167. The van der Waals surface area contributed by atoms with Gasteiger partial charge in [0.1, 0.15) is 12.0 Å². The molecule has 5 heteroatoms. The molecule has 0 amide bonds. The van der Waals surface area contributed by atoms with Crippen LogP contribution in [0.15, 0.2) is 18.9 Å². The van der Waals surface area contributed by atoms with Gasteiger partial charge in [-0.15, -0.1) is 0 Å². The number of imidazole rings is 1. The van der Waals surface area contributed by atoms with E-state index in [4.69, 9.17) is 0 Å². The van der Waals surface area contributed by atoms with Gasteiger partial charge in [0.25, 0.3) is 0 Å². The van der Waals surface area contributed by atoms with E-state index in [2.05, 4.69) is 20.1 Å². The summed E-state index contributed by atoms with van der Waals surface area (Å²) in [6, 6.07) is 0. The predicted molar refractivity (Wildman–Crippen MR) is 38.6 cm³/mol. The molecule has 2 aromatic heterocycles. The molecule has 11 heavy (non-hydrogen) atoms. The summed E-state index contributed by atoms with van der Waals surface area (Å²) in [5.74, 6) is 0.794. The number of H-pyrrole nitrogens is 1. The minimum Gasteiger partial charge on any atom is -0.342 e. The molecule has 0 saturated carbocycles. The molecular formula is C6H7N5. The van der Waals surface area contributed by atoms with Crippen molar-refractivity contribution >= 4 is 0 Å². The smallest absolute Gasteiger partial charge is 0.175 e. The van der Waals surface area contributed by atoms with Gasteiger partial charge in [-0.05, 0) is 0 Å². The van der Waals surface area contributed by atoms with Gasteiger partial charge in [-0.3, -0.25) is 0 Å². The van der Waals surface area contributed by atoms with Crippen LogP contribution in [0.2, 0.25) is 0 Å². The maximum absolute atomic E-state index is 4.04. The summed E-state index contributed by atoms with van der Waals surface area (Å²) in [6.07, 6.45) is 4.84. The van der Waals surface area contributed by atoms with Crippen molar-refractivity contribution in [1.82, 2.24) is 24.7 Å². The van der Waals surface area contributed by atoms with E-state index in [1.165, 1.54) is 6.33 Å². The summed E-state index contributed by atoms with van der Waals surface area (Å²) in [6.45, 7) is 0. The van der Waals surface area contributed by atoms with E-state index in [0.29, 0.717) is 0 Å². The van der Waals surface area contributed by atoms with E-state index >= 15 is 0 Å². The van der Waals surface area contributed by atoms with Gasteiger partial charge < -0.3 is 4.98 Å². The topological polar surface area (TPSA) is 59.4 Å². The lowest BCUT2D eigenvalue weighted by Crippen LogP contribution is -1.93. The third-order valence-corrected chi connectivity index (χ3v) is 1.45. The Labute approximate surface area is 63.1 Å². The third-order valence-electron chi connectivity index (χ3n) is 1.45. The fourth-order valence-corrected chi connectivity index (χ4v) is 0.918. The first-order valence-electron chi connectivity index (χ1n) is 3.20. The summed E-state index contributed by atoms with van der Waals surface area (Å²) < 4.78 is 1.69. The van der Waals surface area contributed by atoms with Gasteiger partial charge in [0.05, 0.1) is 12.5 Å². The fourth-order valence-electron chi connectivity index (χ4n) is 0.918. The second-order valence-corrected chi connectivity index (χ2v) is 2.17. The zero-order valence-electron chi connectivity index (χ0n) is 6.02. The summed E-state index contributed by atoms with van der Waals surface area (Å²) >= 11 is 0. The number of aromatic amines is 1. The average Bonchev–Trinajstić information content (AvgIpc) is 2.55. The lowest BCUT2D eigenvalue weighted by Gasteiger charge is -1.93. The molecule has 0 spiro atoms. The van der Waals surface area contributed by atoms with Crippen molar-refractivity contribution in [1.29, 1.82) is 0 Å². The second-order valence-electron chi connectivity index (χ2n) is 2.17. The van der Waals surface area contributed by atoms with Gasteiger partial charge in [0, 0.05) is 7.05 Å².